The zero-order chi connectivity index (χ0) is 10.5. The lowest BCUT2D eigenvalue weighted by atomic mass is 10.1. The number of rotatable bonds is 4. The third-order valence-corrected chi connectivity index (χ3v) is 2.50. The van der Waals surface area contributed by atoms with Gasteiger partial charge < -0.3 is 5.11 Å². The number of hydrogen-bond donors (Lipinski definition) is 2. The normalized spacial score (nSPS) is 17.8. The molecule has 1 aliphatic rings. The van der Waals surface area contributed by atoms with Crippen LogP contribution in [0.2, 0.25) is 0 Å². The van der Waals surface area contributed by atoms with E-state index in [0.29, 0.717) is 5.82 Å². The van der Waals surface area contributed by atoms with Crippen LogP contribution in [0.1, 0.15) is 18.7 Å². The van der Waals surface area contributed by atoms with Gasteiger partial charge in [0, 0.05) is 31.8 Å². The van der Waals surface area contributed by atoms with Gasteiger partial charge in [0.2, 0.25) is 5.82 Å². The lowest BCUT2D eigenvalue weighted by Crippen LogP contribution is -2.31. The maximum atomic E-state index is 8.77. The first-order valence-electron chi connectivity index (χ1n) is 5.16. The summed E-state index contributed by atoms with van der Waals surface area (Å²) >= 11 is 0. The zero-order valence-corrected chi connectivity index (χ0v) is 8.56. The van der Waals surface area contributed by atoms with Crippen molar-refractivity contribution in [3.63, 3.8) is 0 Å². The highest BCUT2D eigenvalue weighted by atomic mass is 16.3. The predicted molar refractivity (Wildman–Crippen MR) is 54.9 cm³/mol. The summed E-state index contributed by atoms with van der Waals surface area (Å²) in [5.74, 6) is 0.684. The van der Waals surface area contributed by atoms with Gasteiger partial charge in [0.05, 0.1) is 0 Å². The van der Waals surface area contributed by atoms with Crippen molar-refractivity contribution in [3.8, 4) is 0 Å². The average molecular weight is 209 g/mol. The number of aromatic nitrogens is 4. The van der Waals surface area contributed by atoms with Gasteiger partial charge >= 0.3 is 0 Å². The van der Waals surface area contributed by atoms with E-state index in [9.17, 15) is 0 Å². The number of H-pyrrole nitrogens is 1. The molecule has 82 valence electrons. The molecule has 2 heterocycles. The van der Waals surface area contributed by atoms with Crippen LogP contribution >= 0.6 is 0 Å². The molecule has 15 heavy (non-hydrogen) atoms. The van der Waals surface area contributed by atoms with Gasteiger partial charge in [-0.3, -0.25) is 4.90 Å². The fourth-order valence-electron chi connectivity index (χ4n) is 1.75. The molecule has 1 aromatic rings. The smallest absolute Gasteiger partial charge is 0.201 e. The second kappa shape index (κ2) is 4.99. The lowest BCUT2D eigenvalue weighted by Gasteiger charge is -2.25. The van der Waals surface area contributed by atoms with Gasteiger partial charge in [-0.05, 0) is 18.1 Å². The van der Waals surface area contributed by atoms with Crippen molar-refractivity contribution in [1.82, 2.24) is 25.5 Å². The number of nitrogens with one attached hydrogen (secondary N) is 1. The van der Waals surface area contributed by atoms with Gasteiger partial charge in [0.1, 0.15) is 0 Å². The molecule has 0 atom stereocenters. The standard InChI is InChI=1S/C9H15N5O/c15-6-2-5-14-4-1-3-8(7-14)9-10-12-13-11-9/h3,15H,1-2,4-7H2,(H,10,11,12,13). The third-order valence-electron chi connectivity index (χ3n) is 2.50. The number of nitrogens with zero attached hydrogens (tertiary/aromatic N) is 4. The van der Waals surface area contributed by atoms with E-state index in [1.165, 1.54) is 0 Å². The molecule has 1 aromatic heterocycles. The van der Waals surface area contributed by atoms with E-state index < -0.39 is 0 Å². The second-order valence-corrected chi connectivity index (χ2v) is 3.61. The van der Waals surface area contributed by atoms with Gasteiger partial charge in [0.25, 0.3) is 0 Å². The van der Waals surface area contributed by atoms with Gasteiger partial charge in [0.15, 0.2) is 0 Å². The fourth-order valence-corrected chi connectivity index (χ4v) is 1.75. The summed E-state index contributed by atoms with van der Waals surface area (Å²) in [6, 6.07) is 0. The van der Waals surface area contributed by atoms with E-state index in [1.54, 1.807) is 0 Å². The Kier molecular flexibility index (Phi) is 3.41. The predicted octanol–water partition coefficient (Wildman–Crippen LogP) is -0.329. The Morgan fingerprint density at radius 2 is 2.47 bits per heavy atom. The van der Waals surface area contributed by atoms with E-state index in [1.807, 2.05) is 0 Å². The molecule has 0 fully saturated rings. The van der Waals surface area contributed by atoms with E-state index in [0.717, 1.165) is 38.0 Å². The molecule has 2 rings (SSSR count). The maximum Gasteiger partial charge on any atom is 0.201 e. The fraction of sp³-hybridized carbons (Fsp3) is 0.667. The van der Waals surface area contributed by atoms with E-state index >= 15 is 0 Å². The van der Waals surface area contributed by atoms with Crippen LogP contribution in [-0.4, -0.2) is 56.9 Å². The number of hydrogen-bond acceptors (Lipinski definition) is 5. The van der Waals surface area contributed by atoms with Gasteiger partial charge in [-0.25, -0.2) is 0 Å². The number of aromatic amines is 1. The topological polar surface area (TPSA) is 77.9 Å². The number of tetrazole rings is 1. The minimum Gasteiger partial charge on any atom is -0.396 e. The SMILES string of the molecule is OCCCN1CCC=C(c2nn[nH]n2)C1. The summed E-state index contributed by atoms with van der Waals surface area (Å²) in [5, 5.41) is 22.7. The van der Waals surface area contributed by atoms with Crippen LogP contribution in [-0.2, 0) is 0 Å². The molecule has 0 spiro atoms. The molecule has 0 aliphatic carbocycles. The Bertz CT molecular complexity index is 321. The summed E-state index contributed by atoms with van der Waals surface area (Å²) in [4.78, 5) is 2.29. The minimum atomic E-state index is 0.248. The molecule has 2 N–H and O–H groups in total. The summed E-state index contributed by atoms with van der Waals surface area (Å²) in [7, 11) is 0. The average Bonchev–Trinajstić information content (AvgIpc) is 2.80. The van der Waals surface area contributed by atoms with Crippen LogP contribution in [0, 0.1) is 0 Å². The van der Waals surface area contributed by atoms with Crippen LogP contribution in [0.5, 0.6) is 0 Å². The summed E-state index contributed by atoms with van der Waals surface area (Å²) in [6.07, 6.45) is 3.98. The summed E-state index contributed by atoms with van der Waals surface area (Å²) in [6.45, 7) is 3.06. The van der Waals surface area contributed by atoms with Crippen molar-refractivity contribution in [2.24, 2.45) is 0 Å². The minimum absolute atomic E-state index is 0.248. The van der Waals surface area contributed by atoms with Crippen LogP contribution in [0.4, 0.5) is 0 Å². The van der Waals surface area contributed by atoms with Crippen molar-refractivity contribution in [3.05, 3.63) is 11.9 Å². The largest absolute Gasteiger partial charge is 0.396 e. The highest BCUT2D eigenvalue weighted by molar-refractivity contribution is 5.61. The van der Waals surface area contributed by atoms with Gasteiger partial charge in [-0.15, -0.1) is 10.2 Å². The molecule has 6 nitrogen and oxygen atoms in total. The van der Waals surface area contributed by atoms with Crippen molar-refractivity contribution in [2.45, 2.75) is 12.8 Å². The first-order valence-corrected chi connectivity index (χ1v) is 5.16. The van der Waals surface area contributed by atoms with Crippen molar-refractivity contribution >= 4 is 5.57 Å². The quantitative estimate of drug-likeness (QED) is 0.710. The molecule has 0 aromatic carbocycles. The van der Waals surface area contributed by atoms with E-state index in [4.69, 9.17) is 5.11 Å². The Labute approximate surface area is 88.0 Å². The second-order valence-electron chi connectivity index (χ2n) is 3.61. The van der Waals surface area contributed by atoms with Crippen molar-refractivity contribution in [1.29, 1.82) is 0 Å². The molecule has 0 saturated carbocycles. The highest BCUT2D eigenvalue weighted by Gasteiger charge is 2.15. The van der Waals surface area contributed by atoms with Crippen molar-refractivity contribution < 1.29 is 5.11 Å². The summed E-state index contributed by atoms with van der Waals surface area (Å²) < 4.78 is 0. The Hall–Kier alpha value is -1.27. The van der Waals surface area contributed by atoms with E-state index in [2.05, 4.69) is 31.6 Å². The Morgan fingerprint density at radius 3 is 3.20 bits per heavy atom. The number of aliphatic hydroxyl groups excluding tert-OH is 1. The summed E-state index contributed by atoms with van der Waals surface area (Å²) in [5.41, 5.74) is 1.12. The molecule has 0 radical (unpaired) electrons. The van der Waals surface area contributed by atoms with Crippen LogP contribution in [0.15, 0.2) is 6.08 Å². The lowest BCUT2D eigenvalue weighted by molar-refractivity contribution is 0.237. The van der Waals surface area contributed by atoms with Gasteiger partial charge in [-0.2, -0.15) is 5.21 Å². The zero-order valence-electron chi connectivity index (χ0n) is 8.56. The first kappa shape index (κ1) is 10.3. The molecule has 1 aliphatic heterocycles. The third kappa shape index (κ3) is 2.60. The van der Waals surface area contributed by atoms with Crippen LogP contribution in [0.25, 0.3) is 5.57 Å². The molecular weight excluding hydrogens is 194 g/mol. The highest BCUT2D eigenvalue weighted by Crippen LogP contribution is 2.16. The Balaban J connectivity index is 1.94. The first-order chi connectivity index (χ1) is 7.40. The molecule has 6 heteroatoms. The van der Waals surface area contributed by atoms with Gasteiger partial charge in [-0.1, -0.05) is 6.08 Å². The monoisotopic (exact) mass is 209 g/mol. The molecular formula is C9H15N5O. The Morgan fingerprint density at radius 1 is 1.53 bits per heavy atom. The molecule has 0 unspecified atom stereocenters. The molecule has 0 amide bonds. The van der Waals surface area contributed by atoms with Crippen LogP contribution in [0.3, 0.4) is 0 Å². The van der Waals surface area contributed by atoms with Crippen LogP contribution < -0.4 is 0 Å². The molecule has 0 bridgehead atoms. The van der Waals surface area contributed by atoms with E-state index in [-0.39, 0.29) is 6.61 Å². The molecule has 0 saturated heterocycles. The van der Waals surface area contributed by atoms with Crippen molar-refractivity contribution in [2.75, 3.05) is 26.2 Å². The number of aliphatic hydroxyl groups is 1. The maximum absolute atomic E-state index is 8.77.